The van der Waals surface area contributed by atoms with Crippen LogP contribution in [-0.4, -0.2) is 5.54 Å². The molecule has 0 amide bonds. The van der Waals surface area contributed by atoms with Crippen molar-refractivity contribution in [3.05, 3.63) is 53.0 Å². The molecule has 114 valence electrons. The third kappa shape index (κ3) is 4.94. The molecule has 1 heterocycles. The largest absolute Gasteiger partial charge is 0.489 e. The van der Waals surface area contributed by atoms with Crippen molar-refractivity contribution in [1.29, 1.82) is 0 Å². The van der Waals surface area contributed by atoms with E-state index in [0.29, 0.717) is 13.2 Å². The molecule has 21 heavy (non-hydrogen) atoms. The minimum Gasteiger partial charge on any atom is -0.489 e. The average Bonchev–Trinajstić information content (AvgIpc) is 2.79. The van der Waals surface area contributed by atoms with E-state index in [-0.39, 0.29) is 5.54 Å². The van der Waals surface area contributed by atoms with Gasteiger partial charge in [0.2, 0.25) is 0 Å². The first kappa shape index (κ1) is 15.6. The van der Waals surface area contributed by atoms with Crippen molar-refractivity contribution in [3.8, 4) is 5.75 Å². The number of hydrogen-bond donors (Lipinski definition) is 1. The highest BCUT2D eigenvalue weighted by molar-refractivity contribution is 5.33. The quantitative estimate of drug-likeness (QED) is 0.887. The van der Waals surface area contributed by atoms with Gasteiger partial charge in [0.05, 0.1) is 12.8 Å². The van der Waals surface area contributed by atoms with E-state index in [1.807, 2.05) is 6.07 Å². The fourth-order valence-corrected chi connectivity index (χ4v) is 2.17. The van der Waals surface area contributed by atoms with E-state index in [2.05, 4.69) is 58.1 Å². The Hall–Kier alpha value is -1.74. The Morgan fingerprint density at radius 1 is 1.10 bits per heavy atom. The topological polar surface area (TPSA) is 34.4 Å². The third-order valence-electron chi connectivity index (χ3n) is 3.21. The summed E-state index contributed by atoms with van der Waals surface area (Å²) in [6.45, 7) is 11.8. The normalized spacial score (nSPS) is 11.7. The second-order valence-corrected chi connectivity index (χ2v) is 6.58. The monoisotopic (exact) mass is 287 g/mol. The summed E-state index contributed by atoms with van der Waals surface area (Å²) in [4.78, 5) is 0. The maximum absolute atomic E-state index is 5.90. The van der Waals surface area contributed by atoms with Crippen LogP contribution in [0.4, 0.5) is 0 Å². The summed E-state index contributed by atoms with van der Waals surface area (Å²) in [7, 11) is 0. The summed E-state index contributed by atoms with van der Waals surface area (Å²) in [6.07, 6.45) is 1.72. The Balaban J connectivity index is 1.99. The van der Waals surface area contributed by atoms with Gasteiger partial charge in [-0.1, -0.05) is 6.07 Å². The van der Waals surface area contributed by atoms with Crippen LogP contribution in [-0.2, 0) is 13.2 Å². The van der Waals surface area contributed by atoms with E-state index in [0.717, 1.165) is 17.1 Å². The lowest BCUT2D eigenvalue weighted by Crippen LogP contribution is -2.35. The number of ether oxygens (including phenoxy) is 1. The van der Waals surface area contributed by atoms with Crippen LogP contribution >= 0.6 is 0 Å². The smallest absolute Gasteiger partial charge is 0.124 e. The van der Waals surface area contributed by atoms with Crippen LogP contribution in [0.5, 0.6) is 5.75 Å². The Labute approximate surface area is 127 Å². The number of rotatable bonds is 5. The standard InChI is InChI=1S/C18H25NO2/c1-13-8-14(2)10-16(9-13)21-12-15-6-7-20-17(15)11-19-18(3,4)5/h6-10,19H,11-12H2,1-5H3. The fourth-order valence-electron chi connectivity index (χ4n) is 2.17. The second kappa shape index (κ2) is 6.35. The SMILES string of the molecule is Cc1cc(C)cc(OCc2ccoc2CNC(C)(C)C)c1. The molecule has 0 bridgehead atoms. The van der Waals surface area contributed by atoms with Crippen LogP contribution in [0.1, 0.15) is 43.2 Å². The van der Waals surface area contributed by atoms with Gasteiger partial charge in [-0.25, -0.2) is 0 Å². The Morgan fingerprint density at radius 3 is 2.38 bits per heavy atom. The summed E-state index contributed by atoms with van der Waals surface area (Å²) < 4.78 is 11.5. The predicted molar refractivity (Wildman–Crippen MR) is 85.5 cm³/mol. The Bertz CT molecular complexity index is 573. The van der Waals surface area contributed by atoms with E-state index in [4.69, 9.17) is 9.15 Å². The van der Waals surface area contributed by atoms with Gasteiger partial charge >= 0.3 is 0 Å². The summed E-state index contributed by atoms with van der Waals surface area (Å²) >= 11 is 0. The molecule has 0 aliphatic carbocycles. The first-order chi connectivity index (χ1) is 9.83. The van der Waals surface area contributed by atoms with Crippen LogP contribution < -0.4 is 10.1 Å². The molecule has 2 aromatic rings. The molecule has 0 saturated carbocycles. The fraction of sp³-hybridized carbons (Fsp3) is 0.444. The van der Waals surface area contributed by atoms with Gasteiger partial charge in [-0.15, -0.1) is 0 Å². The molecule has 0 aliphatic rings. The van der Waals surface area contributed by atoms with Crippen molar-refractivity contribution in [2.24, 2.45) is 0 Å². The number of aryl methyl sites for hydroxylation is 2. The van der Waals surface area contributed by atoms with Gasteiger partial charge in [0, 0.05) is 11.1 Å². The predicted octanol–water partition coefficient (Wildman–Crippen LogP) is 4.36. The zero-order valence-electron chi connectivity index (χ0n) is 13.6. The van der Waals surface area contributed by atoms with Crippen LogP contribution in [0.2, 0.25) is 0 Å². The second-order valence-electron chi connectivity index (χ2n) is 6.58. The number of benzene rings is 1. The van der Waals surface area contributed by atoms with Gasteiger partial charge in [-0.3, -0.25) is 0 Å². The van der Waals surface area contributed by atoms with Gasteiger partial charge in [0.15, 0.2) is 0 Å². The van der Waals surface area contributed by atoms with Crippen molar-refractivity contribution in [1.82, 2.24) is 5.32 Å². The van der Waals surface area contributed by atoms with E-state index >= 15 is 0 Å². The summed E-state index contributed by atoms with van der Waals surface area (Å²) in [5, 5.41) is 3.43. The van der Waals surface area contributed by atoms with Gasteiger partial charge in [0.1, 0.15) is 18.1 Å². The molecule has 0 radical (unpaired) electrons. The molecule has 1 N–H and O–H groups in total. The highest BCUT2D eigenvalue weighted by Crippen LogP contribution is 2.19. The van der Waals surface area contributed by atoms with E-state index < -0.39 is 0 Å². The lowest BCUT2D eigenvalue weighted by molar-refractivity contribution is 0.298. The summed E-state index contributed by atoms with van der Waals surface area (Å²) in [6, 6.07) is 8.23. The minimum atomic E-state index is 0.0680. The van der Waals surface area contributed by atoms with Gasteiger partial charge in [0.25, 0.3) is 0 Å². The highest BCUT2D eigenvalue weighted by Gasteiger charge is 2.13. The molecule has 0 atom stereocenters. The zero-order chi connectivity index (χ0) is 15.5. The Kier molecular flexibility index (Phi) is 4.73. The molecule has 3 nitrogen and oxygen atoms in total. The summed E-state index contributed by atoms with van der Waals surface area (Å²) in [5.41, 5.74) is 3.59. The summed E-state index contributed by atoms with van der Waals surface area (Å²) in [5.74, 6) is 1.85. The molecule has 0 saturated heterocycles. The molecular weight excluding hydrogens is 262 g/mol. The number of hydrogen-bond acceptors (Lipinski definition) is 3. The third-order valence-corrected chi connectivity index (χ3v) is 3.21. The molecule has 0 unspecified atom stereocenters. The molecular formula is C18H25NO2. The van der Waals surface area contributed by atoms with Crippen molar-refractivity contribution >= 4 is 0 Å². The van der Waals surface area contributed by atoms with Crippen molar-refractivity contribution in [3.63, 3.8) is 0 Å². The lowest BCUT2D eigenvalue weighted by Gasteiger charge is -2.20. The molecule has 0 spiro atoms. The van der Waals surface area contributed by atoms with Crippen LogP contribution in [0.25, 0.3) is 0 Å². The number of furan rings is 1. The lowest BCUT2D eigenvalue weighted by atomic mass is 10.1. The van der Waals surface area contributed by atoms with Gasteiger partial charge < -0.3 is 14.5 Å². The maximum Gasteiger partial charge on any atom is 0.124 e. The maximum atomic E-state index is 5.90. The first-order valence-electron chi connectivity index (χ1n) is 7.35. The molecule has 1 aromatic heterocycles. The molecule has 1 aromatic carbocycles. The van der Waals surface area contributed by atoms with Crippen molar-refractivity contribution < 1.29 is 9.15 Å². The Morgan fingerprint density at radius 2 is 1.76 bits per heavy atom. The highest BCUT2D eigenvalue weighted by atomic mass is 16.5. The van der Waals surface area contributed by atoms with Crippen molar-refractivity contribution in [2.75, 3.05) is 0 Å². The molecule has 0 aliphatic heterocycles. The first-order valence-corrected chi connectivity index (χ1v) is 7.35. The van der Waals surface area contributed by atoms with Crippen LogP contribution in [0, 0.1) is 13.8 Å². The molecule has 3 heteroatoms. The van der Waals surface area contributed by atoms with Crippen LogP contribution in [0.3, 0.4) is 0 Å². The van der Waals surface area contributed by atoms with Crippen molar-refractivity contribution in [2.45, 2.75) is 53.3 Å². The number of nitrogens with one attached hydrogen (secondary N) is 1. The van der Waals surface area contributed by atoms with E-state index in [1.165, 1.54) is 11.1 Å². The van der Waals surface area contributed by atoms with Gasteiger partial charge in [-0.2, -0.15) is 0 Å². The molecule has 0 fully saturated rings. The average molecular weight is 287 g/mol. The van der Waals surface area contributed by atoms with Gasteiger partial charge in [-0.05, 0) is 63.9 Å². The molecule has 2 rings (SSSR count). The van der Waals surface area contributed by atoms with Crippen LogP contribution in [0.15, 0.2) is 34.9 Å². The van der Waals surface area contributed by atoms with E-state index in [1.54, 1.807) is 6.26 Å². The van der Waals surface area contributed by atoms with E-state index in [9.17, 15) is 0 Å². The minimum absolute atomic E-state index is 0.0680. The zero-order valence-corrected chi connectivity index (χ0v) is 13.6.